The van der Waals surface area contributed by atoms with Gasteiger partial charge in [-0.05, 0) is 53.6 Å². The summed E-state index contributed by atoms with van der Waals surface area (Å²) in [7, 11) is -2.22. The molecule has 7 heteroatoms. The van der Waals surface area contributed by atoms with Crippen LogP contribution in [-0.4, -0.2) is 20.5 Å². The van der Waals surface area contributed by atoms with Crippen molar-refractivity contribution >= 4 is 32.5 Å². The number of para-hydroxylation sites is 1. The lowest BCUT2D eigenvalue weighted by atomic mass is 9.99. The van der Waals surface area contributed by atoms with Crippen LogP contribution in [-0.2, 0) is 10.0 Å². The SMILES string of the molecule is COc1cccc(C(NS(=O)(=O)c2ccc(Cl)cc2)c2c[nH]c3ccccc23)c1. The number of benzene rings is 3. The van der Waals surface area contributed by atoms with Crippen LogP contribution in [0.15, 0.2) is 83.9 Å². The topological polar surface area (TPSA) is 71.2 Å². The maximum absolute atomic E-state index is 13.1. The van der Waals surface area contributed by atoms with Gasteiger partial charge in [0.15, 0.2) is 0 Å². The number of methoxy groups -OCH3 is 1. The zero-order valence-corrected chi connectivity index (χ0v) is 17.2. The Balaban J connectivity index is 1.83. The maximum Gasteiger partial charge on any atom is 0.241 e. The molecule has 0 radical (unpaired) electrons. The zero-order chi connectivity index (χ0) is 20.4. The Morgan fingerprint density at radius 2 is 1.76 bits per heavy atom. The molecule has 1 heterocycles. The molecule has 5 nitrogen and oxygen atoms in total. The summed E-state index contributed by atoms with van der Waals surface area (Å²) in [6, 6.07) is 20.6. The summed E-state index contributed by atoms with van der Waals surface area (Å²) >= 11 is 5.91. The fraction of sp³-hybridized carbons (Fsp3) is 0.0909. The number of hydrogen-bond acceptors (Lipinski definition) is 3. The first-order valence-electron chi connectivity index (χ1n) is 8.96. The van der Waals surface area contributed by atoms with Crippen molar-refractivity contribution in [2.75, 3.05) is 7.11 Å². The van der Waals surface area contributed by atoms with E-state index in [0.717, 1.165) is 22.0 Å². The van der Waals surface area contributed by atoms with Crippen LogP contribution in [0, 0.1) is 0 Å². The van der Waals surface area contributed by atoms with Gasteiger partial charge in [0.05, 0.1) is 18.0 Å². The van der Waals surface area contributed by atoms with E-state index in [1.54, 1.807) is 19.2 Å². The van der Waals surface area contributed by atoms with E-state index in [4.69, 9.17) is 16.3 Å². The Kier molecular flexibility index (Phi) is 5.32. The minimum atomic E-state index is -3.80. The van der Waals surface area contributed by atoms with Crippen molar-refractivity contribution < 1.29 is 13.2 Å². The van der Waals surface area contributed by atoms with Crippen LogP contribution in [0.4, 0.5) is 0 Å². The predicted molar refractivity (Wildman–Crippen MR) is 115 cm³/mol. The lowest BCUT2D eigenvalue weighted by Gasteiger charge is -2.20. The van der Waals surface area contributed by atoms with Gasteiger partial charge in [-0.1, -0.05) is 41.9 Å². The lowest BCUT2D eigenvalue weighted by Crippen LogP contribution is -2.29. The number of H-pyrrole nitrogens is 1. The molecule has 0 aliphatic heterocycles. The maximum atomic E-state index is 13.1. The molecule has 0 aliphatic rings. The van der Waals surface area contributed by atoms with Gasteiger partial charge in [0.2, 0.25) is 10.0 Å². The van der Waals surface area contributed by atoms with Crippen molar-refractivity contribution in [2.45, 2.75) is 10.9 Å². The molecular formula is C22H19ClN2O3S. The zero-order valence-electron chi connectivity index (χ0n) is 15.6. The van der Waals surface area contributed by atoms with Crippen LogP contribution in [0.25, 0.3) is 10.9 Å². The highest BCUT2D eigenvalue weighted by Gasteiger charge is 2.25. The largest absolute Gasteiger partial charge is 0.497 e. The summed E-state index contributed by atoms with van der Waals surface area (Å²) in [5.41, 5.74) is 2.53. The van der Waals surface area contributed by atoms with Crippen LogP contribution in [0.1, 0.15) is 17.2 Å². The number of fused-ring (bicyclic) bond motifs is 1. The number of aromatic nitrogens is 1. The molecule has 4 rings (SSSR count). The number of halogens is 1. The second-order valence-electron chi connectivity index (χ2n) is 6.57. The minimum absolute atomic E-state index is 0.148. The quantitative estimate of drug-likeness (QED) is 0.460. The van der Waals surface area contributed by atoms with E-state index in [0.29, 0.717) is 10.8 Å². The Hall–Kier alpha value is -2.80. The average molecular weight is 427 g/mol. The molecule has 0 bridgehead atoms. The van der Waals surface area contributed by atoms with Gasteiger partial charge in [0, 0.05) is 22.1 Å². The summed E-state index contributed by atoms with van der Waals surface area (Å²) < 4.78 is 34.4. The third-order valence-electron chi connectivity index (χ3n) is 4.76. The first kappa shape index (κ1) is 19.5. The molecule has 3 aromatic carbocycles. The van der Waals surface area contributed by atoms with Crippen molar-refractivity contribution in [3.63, 3.8) is 0 Å². The summed E-state index contributed by atoms with van der Waals surface area (Å²) in [5.74, 6) is 0.651. The Morgan fingerprint density at radius 1 is 1.00 bits per heavy atom. The highest BCUT2D eigenvalue weighted by atomic mass is 35.5. The fourth-order valence-corrected chi connectivity index (χ4v) is 4.63. The lowest BCUT2D eigenvalue weighted by molar-refractivity contribution is 0.414. The minimum Gasteiger partial charge on any atom is -0.497 e. The molecular weight excluding hydrogens is 408 g/mol. The van der Waals surface area contributed by atoms with Crippen molar-refractivity contribution in [1.82, 2.24) is 9.71 Å². The average Bonchev–Trinajstić information content (AvgIpc) is 3.16. The number of rotatable bonds is 6. The van der Waals surface area contributed by atoms with E-state index in [-0.39, 0.29) is 4.90 Å². The molecule has 4 aromatic rings. The van der Waals surface area contributed by atoms with Gasteiger partial charge in [-0.2, -0.15) is 4.72 Å². The number of nitrogens with one attached hydrogen (secondary N) is 2. The Bertz CT molecular complexity index is 1250. The molecule has 0 saturated carbocycles. The van der Waals surface area contributed by atoms with Gasteiger partial charge >= 0.3 is 0 Å². The van der Waals surface area contributed by atoms with Crippen molar-refractivity contribution in [3.8, 4) is 5.75 Å². The molecule has 2 N–H and O–H groups in total. The van der Waals surface area contributed by atoms with E-state index in [1.807, 2.05) is 54.7 Å². The fourth-order valence-electron chi connectivity index (χ4n) is 3.30. The number of aromatic amines is 1. The monoisotopic (exact) mass is 426 g/mol. The number of hydrogen-bond donors (Lipinski definition) is 2. The van der Waals surface area contributed by atoms with Gasteiger partial charge in [-0.25, -0.2) is 8.42 Å². The number of ether oxygens (including phenoxy) is 1. The highest BCUT2D eigenvalue weighted by Crippen LogP contribution is 2.32. The van der Waals surface area contributed by atoms with Crippen LogP contribution < -0.4 is 9.46 Å². The van der Waals surface area contributed by atoms with Crippen molar-refractivity contribution in [3.05, 3.63) is 95.1 Å². The van der Waals surface area contributed by atoms with Crippen LogP contribution in [0.3, 0.4) is 0 Å². The molecule has 0 amide bonds. The molecule has 1 atom stereocenters. The third-order valence-corrected chi connectivity index (χ3v) is 6.45. The standard InChI is InChI=1S/C22H19ClN2O3S/c1-28-17-6-4-5-15(13-17)22(20-14-24-21-8-3-2-7-19(20)21)25-29(26,27)18-11-9-16(23)10-12-18/h2-14,22,24-25H,1H3. The van der Waals surface area contributed by atoms with Crippen molar-refractivity contribution in [2.24, 2.45) is 0 Å². The molecule has 0 fully saturated rings. The first-order valence-corrected chi connectivity index (χ1v) is 10.8. The van der Waals surface area contributed by atoms with Crippen LogP contribution in [0.2, 0.25) is 5.02 Å². The smallest absolute Gasteiger partial charge is 0.241 e. The second-order valence-corrected chi connectivity index (χ2v) is 8.72. The molecule has 0 saturated heterocycles. The van der Waals surface area contributed by atoms with E-state index < -0.39 is 16.1 Å². The number of sulfonamides is 1. The predicted octanol–water partition coefficient (Wildman–Crippen LogP) is 4.90. The third kappa shape index (κ3) is 4.00. The van der Waals surface area contributed by atoms with Crippen LogP contribution in [0.5, 0.6) is 5.75 Å². The summed E-state index contributed by atoms with van der Waals surface area (Å²) in [5, 5.41) is 1.42. The molecule has 148 valence electrons. The molecule has 1 aromatic heterocycles. The Labute approximate surface area is 174 Å². The first-order chi connectivity index (χ1) is 14.0. The summed E-state index contributed by atoms with van der Waals surface area (Å²) in [6.45, 7) is 0. The van der Waals surface area contributed by atoms with E-state index in [9.17, 15) is 8.42 Å². The van der Waals surface area contributed by atoms with E-state index in [1.165, 1.54) is 12.1 Å². The van der Waals surface area contributed by atoms with Gasteiger partial charge in [0.1, 0.15) is 5.75 Å². The second kappa shape index (κ2) is 7.91. The van der Waals surface area contributed by atoms with Crippen molar-refractivity contribution in [1.29, 1.82) is 0 Å². The van der Waals surface area contributed by atoms with E-state index >= 15 is 0 Å². The molecule has 29 heavy (non-hydrogen) atoms. The molecule has 1 unspecified atom stereocenters. The van der Waals surface area contributed by atoms with E-state index in [2.05, 4.69) is 9.71 Å². The summed E-state index contributed by atoms with van der Waals surface area (Å²) in [4.78, 5) is 3.36. The highest BCUT2D eigenvalue weighted by molar-refractivity contribution is 7.89. The molecule has 0 aliphatic carbocycles. The van der Waals surface area contributed by atoms with Gasteiger partial charge < -0.3 is 9.72 Å². The Morgan fingerprint density at radius 3 is 2.52 bits per heavy atom. The van der Waals surface area contributed by atoms with Crippen LogP contribution >= 0.6 is 11.6 Å². The van der Waals surface area contributed by atoms with Gasteiger partial charge in [-0.15, -0.1) is 0 Å². The normalized spacial score (nSPS) is 12.8. The molecule has 0 spiro atoms. The van der Waals surface area contributed by atoms with Gasteiger partial charge in [0.25, 0.3) is 0 Å². The van der Waals surface area contributed by atoms with Gasteiger partial charge in [-0.3, -0.25) is 0 Å². The summed E-state index contributed by atoms with van der Waals surface area (Å²) in [6.07, 6.45) is 1.83.